The Balaban J connectivity index is 0.000000218. The summed E-state index contributed by atoms with van der Waals surface area (Å²) in [6.45, 7) is 0. The fourth-order valence-corrected chi connectivity index (χ4v) is 4.46. The first kappa shape index (κ1) is 49.0. The number of hydrogen-bond acceptors (Lipinski definition) is 8. The van der Waals surface area contributed by atoms with Crippen molar-refractivity contribution in [1.29, 1.82) is 0 Å². The molecule has 0 fully saturated rings. The van der Waals surface area contributed by atoms with E-state index in [9.17, 15) is 0 Å². The first-order chi connectivity index (χ1) is 29.8. The Morgan fingerprint density at radius 3 is 0.500 bits per heavy atom. The summed E-state index contributed by atoms with van der Waals surface area (Å²) < 4.78 is 0. The third-order valence-corrected chi connectivity index (χ3v) is 7.33. The van der Waals surface area contributed by atoms with Crippen LogP contribution in [-0.2, 0) is 39.0 Å². The van der Waals surface area contributed by atoms with Crippen LogP contribution in [0, 0.1) is 0 Å². The van der Waals surface area contributed by atoms with Gasteiger partial charge in [-0.2, -0.15) is 0 Å². The molecule has 8 aromatic rings. The summed E-state index contributed by atoms with van der Waals surface area (Å²) >= 11 is 0. The molecular formula is C48H40N12Ru2. The zero-order valence-electron chi connectivity index (χ0n) is 33.2. The molecule has 0 bridgehead atoms. The van der Waals surface area contributed by atoms with Gasteiger partial charge in [-0.25, -0.2) is 0 Å². The van der Waals surface area contributed by atoms with Crippen molar-refractivity contribution in [2.75, 3.05) is 0 Å². The predicted octanol–water partition coefficient (Wildman–Crippen LogP) is 17.6. The molecule has 8 rings (SSSR count). The van der Waals surface area contributed by atoms with Crippen LogP contribution in [0.25, 0.3) is 21.7 Å². The fourth-order valence-electron chi connectivity index (χ4n) is 4.46. The first-order valence-corrected chi connectivity index (χ1v) is 18.7. The molecule has 14 heteroatoms. The Labute approximate surface area is 387 Å². The monoisotopic (exact) mass is 988 g/mol. The molecule has 0 aliphatic heterocycles. The second-order valence-electron chi connectivity index (χ2n) is 11.8. The Hall–Kier alpha value is -7.39. The molecule has 0 atom stereocenters. The van der Waals surface area contributed by atoms with Crippen LogP contribution in [0.5, 0.6) is 0 Å². The van der Waals surface area contributed by atoms with Gasteiger partial charge in [0.2, 0.25) is 0 Å². The van der Waals surface area contributed by atoms with E-state index in [2.05, 4.69) is 63.1 Å². The molecule has 0 unspecified atom stereocenters. The van der Waals surface area contributed by atoms with Gasteiger partial charge < -0.3 is 42.2 Å². The average Bonchev–Trinajstić information content (AvgIpc) is 3.33. The average molecular weight is 987 g/mol. The second-order valence-corrected chi connectivity index (χ2v) is 11.8. The SMILES string of the molecule is [Ru+2].[Ru+2].c1ccc(N=N[N-]c2ccccc2)cc1.c1ccc(N=N[N-]c2ccccc2)cc1.c1ccc(N=N[N-]c2ccccc2)cc1.c1ccc(N=N[N-]c2ccccc2)cc1. The minimum absolute atomic E-state index is 0. The minimum atomic E-state index is 0. The van der Waals surface area contributed by atoms with E-state index >= 15 is 0 Å². The van der Waals surface area contributed by atoms with Crippen LogP contribution < -0.4 is 0 Å². The van der Waals surface area contributed by atoms with Crippen LogP contribution in [0.3, 0.4) is 0 Å². The van der Waals surface area contributed by atoms with Gasteiger partial charge in [0.15, 0.2) is 0 Å². The van der Waals surface area contributed by atoms with Crippen molar-refractivity contribution in [3.05, 3.63) is 264 Å². The molecule has 8 aromatic carbocycles. The molecule has 0 heterocycles. The summed E-state index contributed by atoms with van der Waals surface area (Å²) in [5.41, 5.74) is 22.3. The van der Waals surface area contributed by atoms with Crippen LogP contribution in [0.4, 0.5) is 45.5 Å². The van der Waals surface area contributed by atoms with Gasteiger partial charge in [-0.1, -0.05) is 243 Å². The smallest absolute Gasteiger partial charge is 0.350 e. The van der Waals surface area contributed by atoms with E-state index in [4.69, 9.17) is 0 Å². The first-order valence-electron chi connectivity index (χ1n) is 18.7. The maximum Gasteiger partial charge on any atom is 2.00 e. The Bertz CT molecular complexity index is 2050. The van der Waals surface area contributed by atoms with Crippen molar-refractivity contribution in [2.24, 2.45) is 41.4 Å². The Morgan fingerprint density at radius 1 is 0.194 bits per heavy atom. The minimum Gasteiger partial charge on any atom is -0.350 e. The largest absolute Gasteiger partial charge is 2.00 e. The van der Waals surface area contributed by atoms with Crippen molar-refractivity contribution in [2.45, 2.75) is 0 Å². The maximum atomic E-state index is 3.96. The van der Waals surface area contributed by atoms with E-state index < -0.39 is 0 Å². The number of hydrogen-bond donors (Lipinski definition) is 0. The fraction of sp³-hybridized carbons (Fsp3) is 0. The summed E-state index contributed by atoms with van der Waals surface area (Å²) in [5, 5.41) is 30.9. The van der Waals surface area contributed by atoms with Crippen molar-refractivity contribution < 1.29 is 39.0 Å². The van der Waals surface area contributed by atoms with Gasteiger partial charge >= 0.3 is 39.0 Å². The molecule has 0 saturated heterocycles. The topological polar surface area (TPSA) is 155 Å². The molecule has 0 aromatic heterocycles. The van der Waals surface area contributed by atoms with E-state index in [1.54, 1.807) is 0 Å². The van der Waals surface area contributed by atoms with Gasteiger partial charge in [0.1, 0.15) is 0 Å². The standard InChI is InChI=1S/4C12H10N3.2Ru/c4*1-3-7-11(8-4-1)13-15-14-12-9-5-2-6-10-12;;/h4*1-10H;;/q4*-1;2*+2. The van der Waals surface area contributed by atoms with Gasteiger partial charge in [0.05, 0.1) is 0 Å². The van der Waals surface area contributed by atoms with Gasteiger partial charge in [-0.3, -0.25) is 20.9 Å². The summed E-state index contributed by atoms with van der Waals surface area (Å²) in [5.74, 6) is 0. The molecule has 62 heavy (non-hydrogen) atoms. The molecule has 0 radical (unpaired) electrons. The molecule has 0 aliphatic rings. The molecule has 0 aliphatic carbocycles. The van der Waals surface area contributed by atoms with Gasteiger partial charge in [0, 0.05) is 0 Å². The van der Waals surface area contributed by atoms with Crippen LogP contribution in [0.1, 0.15) is 0 Å². The third kappa shape index (κ3) is 21.6. The maximum absolute atomic E-state index is 3.96. The normalized spacial score (nSPS) is 10.1. The molecule has 0 amide bonds. The van der Waals surface area contributed by atoms with E-state index in [1.165, 1.54) is 0 Å². The van der Waals surface area contributed by atoms with Crippen LogP contribution in [0.2, 0.25) is 0 Å². The zero-order chi connectivity index (χ0) is 41.4. The second kappa shape index (κ2) is 31.5. The quantitative estimate of drug-likeness (QED) is 0.0649. The van der Waals surface area contributed by atoms with Crippen molar-refractivity contribution in [1.82, 2.24) is 0 Å². The summed E-state index contributed by atoms with van der Waals surface area (Å²) in [6, 6.07) is 76.2. The van der Waals surface area contributed by atoms with Gasteiger partial charge in [-0.15, -0.1) is 0 Å². The van der Waals surface area contributed by atoms with Crippen molar-refractivity contribution in [3.8, 4) is 0 Å². The number of nitrogens with zero attached hydrogens (tertiary/aromatic N) is 12. The molecule has 0 spiro atoms. The van der Waals surface area contributed by atoms with Gasteiger partial charge in [0.25, 0.3) is 0 Å². The number of benzene rings is 8. The molecule has 0 saturated carbocycles. The van der Waals surface area contributed by atoms with E-state index in [-0.39, 0.29) is 39.0 Å². The van der Waals surface area contributed by atoms with E-state index in [0.717, 1.165) is 45.5 Å². The molecule has 308 valence electrons. The summed E-state index contributed by atoms with van der Waals surface area (Å²) in [6.07, 6.45) is 0. The molecule has 12 nitrogen and oxygen atoms in total. The molecular weight excluding hydrogens is 947 g/mol. The van der Waals surface area contributed by atoms with E-state index in [1.807, 2.05) is 243 Å². The predicted molar refractivity (Wildman–Crippen MR) is 242 cm³/mol. The van der Waals surface area contributed by atoms with Crippen LogP contribution >= 0.6 is 0 Å². The van der Waals surface area contributed by atoms with Crippen LogP contribution in [-0.4, -0.2) is 0 Å². The Morgan fingerprint density at radius 2 is 0.339 bits per heavy atom. The molecule has 0 N–H and O–H groups in total. The van der Waals surface area contributed by atoms with Crippen molar-refractivity contribution >= 4 is 45.5 Å². The summed E-state index contributed by atoms with van der Waals surface area (Å²) in [4.78, 5) is 0. The zero-order valence-corrected chi connectivity index (χ0v) is 36.6. The van der Waals surface area contributed by atoms with Gasteiger partial charge in [-0.05, 0) is 45.5 Å². The van der Waals surface area contributed by atoms with Crippen LogP contribution in [0.15, 0.2) is 284 Å². The third-order valence-electron chi connectivity index (χ3n) is 7.33. The number of rotatable bonds is 12. The summed E-state index contributed by atoms with van der Waals surface area (Å²) in [7, 11) is 0. The van der Waals surface area contributed by atoms with Crippen molar-refractivity contribution in [3.63, 3.8) is 0 Å². The Kier molecular flexibility index (Phi) is 24.9. The van der Waals surface area contributed by atoms with E-state index in [0.29, 0.717) is 0 Å².